The molecule has 0 saturated carbocycles. The average molecular weight is 255 g/mol. The minimum absolute atomic E-state index is 0.0757. The zero-order chi connectivity index (χ0) is 12.1. The normalized spacial score (nSPS) is 11.6. The van der Waals surface area contributed by atoms with E-state index in [0.717, 1.165) is 0 Å². The second kappa shape index (κ2) is 5.78. The maximum Gasteiger partial charge on any atom is 0.237 e. The lowest BCUT2D eigenvalue weighted by atomic mass is 10.2. The molecular weight excluding hydrogens is 244 g/mol. The standard InChI is InChI=1S/C11H11ClN2OS/c1-7(16-2)11(15)14-9-4-3-8(6-13)10(12)5-9/h3-5,7H,1-2H3,(H,14,15)/t7-/m0/s1. The Morgan fingerprint density at radius 1 is 1.62 bits per heavy atom. The van der Waals surface area contributed by atoms with Crippen LogP contribution in [0.25, 0.3) is 0 Å². The predicted molar refractivity (Wildman–Crippen MR) is 67.8 cm³/mol. The second-order valence-electron chi connectivity index (χ2n) is 3.17. The van der Waals surface area contributed by atoms with Crippen LogP contribution in [0.1, 0.15) is 12.5 Å². The van der Waals surface area contributed by atoms with Crippen LogP contribution in [0.15, 0.2) is 18.2 Å². The quantitative estimate of drug-likeness (QED) is 0.902. The summed E-state index contributed by atoms with van der Waals surface area (Å²) in [6, 6.07) is 6.78. The van der Waals surface area contributed by atoms with Gasteiger partial charge in [0.25, 0.3) is 0 Å². The molecular formula is C11H11ClN2OS. The number of nitriles is 1. The fourth-order valence-corrected chi connectivity index (χ4v) is 1.53. The predicted octanol–water partition coefficient (Wildman–Crippen LogP) is 2.90. The van der Waals surface area contributed by atoms with Crippen LogP contribution in [0.5, 0.6) is 0 Å². The summed E-state index contributed by atoms with van der Waals surface area (Å²) in [6.07, 6.45) is 1.87. The molecule has 0 aromatic heterocycles. The number of rotatable bonds is 3. The fourth-order valence-electron chi connectivity index (χ4n) is 1.03. The van der Waals surface area contributed by atoms with Gasteiger partial charge in [-0.25, -0.2) is 0 Å². The Labute approximate surface area is 104 Å². The number of halogens is 1. The summed E-state index contributed by atoms with van der Waals surface area (Å²) in [5, 5.41) is 11.7. The van der Waals surface area contributed by atoms with Crippen LogP contribution in [0, 0.1) is 11.3 Å². The molecule has 0 heterocycles. The summed E-state index contributed by atoms with van der Waals surface area (Å²) in [7, 11) is 0. The van der Waals surface area contributed by atoms with Crippen LogP contribution in [0.3, 0.4) is 0 Å². The lowest BCUT2D eigenvalue weighted by molar-refractivity contribution is -0.115. The van der Waals surface area contributed by atoms with Crippen LogP contribution in [0.2, 0.25) is 5.02 Å². The van der Waals surface area contributed by atoms with E-state index >= 15 is 0 Å². The van der Waals surface area contributed by atoms with Gasteiger partial charge in [0.15, 0.2) is 0 Å². The number of benzene rings is 1. The molecule has 16 heavy (non-hydrogen) atoms. The summed E-state index contributed by atoms with van der Waals surface area (Å²) >= 11 is 7.31. The van der Waals surface area contributed by atoms with Crippen molar-refractivity contribution >= 4 is 35.0 Å². The van der Waals surface area contributed by atoms with Crippen molar-refractivity contribution in [2.45, 2.75) is 12.2 Å². The highest BCUT2D eigenvalue weighted by atomic mass is 35.5. The lowest BCUT2D eigenvalue weighted by Crippen LogP contribution is -2.21. The van der Waals surface area contributed by atoms with E-state index in [9.17, 15) is 4.79 Å². The number of nitrogens with zero attached hydrogens (tertiary/aromatic N) is 1. The molecule has 0 aliphatic carbocycles. The zero-order valence-electron chi connectivity index (χ0n) is 8.95. The van der Waals surface area contributed by atoms with Crippen LogP contribution in [-0.4, -0.2) is 17.4 Å². The molecule has 0 unspecified atom stereocenters. The van der Waals surface area contributed by atoms with Gasteiger partial charge in [-0.15, -0.1) is 0 Å². The van der Waals surface area contributed by atoms with E-state index < -0.39 is 0 Å². The smallest absolute Gasteiger partial charge is 0.237 e. The van der Waals surface area contributed by atoms with Crippen LogP contribution in [-0.2, 0) is 4.79 Å². The first-order valence-corrected chi connectivity index (χ1v) is 6.28. The maximum atomic E-state index is 11.6. The van der Waals surface area contributed by atoms with Crippen molar-refractivity contribution in [2.75, 3.05) is 11.6 Å². The summed E-state index contributed by atoms with van der Waals surface area (Å²) in [5.41, 5.74) is 1.01. The molecule has 1 N–H and O–H groups in total. The largest absolute Gasteiger partial charge is 0.325 e. The second-order valence-corrected chi connectivity index (χ2v) is 4.76. The Morgan fingerprint density at radius 2 is 2.31 bits per heavy atom. The van der Waals surface area contributed by atoms with Crippen LogP contribution >= 0.6 is 23.4 Å². The number of hydrogen-bond acceptors (Lipinski definition) is 3. The van der Waals surface area contributed by atoms with E-state index in [1.165, 1.54) is 11.8 Å². The molecule has 0 aliphatic rings. The van der Waals surface area contributed by atoms with E-state index in [1.54, 1.807) is 18.2 Å². The third-order valence-corrected chi connectivity index (χ3v) is 3.31. The molecule has 1 rings (SSSR count). The minimum Gasteiger partial charge on any atom is -0.325 e. The molecule has 0 saturated heterocycles. The molecule has 0 fully saturated rings. The van der Waals surface area contributed by atoms with E-state index in [1.807, 2.05) is 19.2 Å². The molecule has 1 aromatic rings. The topological polar surface area (TPSA) is 52.9 Å². The molecule has 0 aliphatic heterocycles. The van der Waals surface area contributed by atoms with Crippen LogP contribution in [0.4, 0.5) is 5.69 Å². The number of carbonyl (C=O) groups is 1. The van der Waals surface area contributed by atoms with Gasteiger partial charge in [0.1, 0.15) is 6.07 Å². The van der Waals surface area contributed by atoms with Gasteiger partial charge >= 0.3 is 0 Å². The molecule has 84 valence electrons. The van der Waals surface area contributed by atoms with Gasteiger partial charge in [0.05, 0.1) is 15.8 Å². The Hall–Kier alpha value is -1.18. The third-order valence-electron chi connectivity index (χ3n) is 2.08. The number of amides is 1. The first-order chi connectivity index (χ1) is 7.58. The Morgan fingerprint density at radius 3 is 2.81 bits per heavy atom. The SMILES string of the molecule is CS[C@@H](C)C(=O)Nc1ccc(C#N)c(Cl)c1. The summed E-state index contributed by atoms with van der Waals surface area (Å²) in [6.45, 7) is 1.82. The molecule has 5 heteroatoms. The highest BCUT2D eigenvalue weighted by molar-refractivity contribution is 7.99. The number of thioether (sulfide) groups is 1. The van der Waals surface area contributed by atoms with Crippen molar-refractivity contribution in [3.8, 4) is 6.07 Å². The van der Waals surface area contributed by atoms with E-state index in [4.69, 9.17) is 16.9 Å². The van der Waals surface area contributed by atoms with E-state index in [0.29, 0.717) is 16.3 Å². The Balaban J connectivity index is 2.80. The summed E-state index contributed by atoms with van der Waals surface area (Å²) in [4.78, 5) is 11.6. The van der Waals surface area contributed by atoms with Crippen molar-refractivity contribution in [1.82, 2.24) is 0 Å². The van der Waals surface area contributed by atoms with Crippen molar-refractivity contribution in [3.63, 3.8) is 0 Å². The van der Waals surface area contributed by atoms with Crippen LogP contribution < -0.4 is 5.32 Å². The monoisotopic (exact) mass is 254 g/mol. The highest BCUT2D eigenvalue weighted by Crippen LogP contribution is 2.20. The third kappa shape index (κ3) is 3.16. The molecule has 3 nitrogen and oxygen atoms in total. The van der Waals surface area contributed by atoms with Gasteiger partial charge in [-0.3, -0.25) is 4.79 Å². The molecule has 1 aromatic carbocycles. The fraction of sp³-hybridized carbons (Fsp3) is 0.273. The van der Waals surface area contributed by atoms with Gasteiger partial charge in [-0.05, 0) is 31.4 Å². The zero-order valence-corrected chi connectivity index (χ0v) is 10.5. The summed E-state index contributed by atoms with van der Waals surface area (Å²) < 4.78 is 0. The number of carbonyl (C=O) groups excluding carboxylic acids is 1. The molecule has 1 amide bonds. The molecule has 0 bridgehead atoms. The van der Waals surface area contributed by atoms with E-state index in [-0.39, 0.29) is 11.2 Å². The minimum atomic E-state index is -0.116. The first kappa shape index (κ1) is 12.9. The van der Waals surface area contributed by atoms with Crippen molar-refractivity contribution in [1.29, 1.82) is 5.26 Å². The number of anilines is 1. The molecule has 0 spiro atoms. The summed E-state index contributed by atoms with van der Waals surface area (Å²) in [5.74, 6) is -0.0757. The maximum absolute atomic E-state index is 11.6. The van der Waals surface area contributed by atoms with Gasteiger partial charge in [0.2, 0.25) is 5.91 Å². The van der Waals surface area contributed by atoms with Crippen molar-refractivity contribution in [3.05, 3.63) is 28.8 Å². The average Bonchev–Trinajstić information content (AvgIpc) is 2.28. The van der Waals surface area contributed by atoms with Crippen molar-refractivity contribution < 1.29 is 4.79 Å². The molecule has 1 atom stereocenters. The van der Waals surface area contributed by atoms with Crippen molar-refractivity contribution in [2.24, 2.45) is 0 Å². The van der Waals surface area contributed by atoms with E-state index in [2.05, 4.69) is 5.32 Å². The van der Waals surface area contributed by atoms with Gasteiger partial charge in [0, 0.05) is 5.69 Å². The molecule has 0 radical (unpaired) electrons. The van der Waals surface area contributed by atoms with Gasteiger partial charge in [-0.2, -0.15) is 17.0 Å². The first-order valence-electron chi connectivity index (χ1n) is 4.61. The number of nitrogens with one attached hydrogen (secondary N) is 1. The Bertz CT molecular complexity index is 442. The van der Waals surface area contributed by atoms with Gasteiger partial charge < -0.3 is 5.32 Å². The van der Waals surface area contributed by atoms with Gasteiger partial charge in [-0.1, -0.05) is 11.6 Å². The lowest BCUT2D eigenvalue weighted by Gasteiger charge is -2.09. The number of hydrogen-bond donors (Lipinski definition) is 1. The highest BCUT2D eigenvalue weighted by Gasteiger charge is 2.11. The Kier molecular flexibility index (Phi) is 4.66.